The van der Waals surface area contributed by atoms with Gasteiger partial charge in [-0.3, -0.25) is 9.69 Å². The highest BCUT2D eigenvalue weighted by atomic mass is 35.5. The van der Waals surface area contributed by atoms with Crippen molar-refractivity contribution in [2.75, 3.05) is 32.7 Å². The van der Waals surface area contributed by atoms with Gasteiger partial charge in [0.05, 0.1) is 15.6 Å². The van der Waals surface area contributed by atoms with E-state index in [4.69, 9.17) is 29.6 Å². The van der Waals surface area contributed by atoms with Gasteiger partial charge in [0.2, 0.25) is 0 Å². The zero-order valence-corrected chi connectivity index (χ0v) is 12.7. The van der Waals surface area contributed by atoms with Crippen LogP contribution in [-0.2, 0) is 0 Å². The number of amides is 1. The fourth-order valence-electron chi connectivity index (χ4n) is 2.19. The van der Waals surface area contributed by atoms with Gasteiger partial charge in [0.25, 0.3) is 5.91 Å². The number of halogens is 3. The van der Waals surface area contributed by atoms with Crippen molar-refractivity contribution in [1.82, 2.24) is 9.80 Å². The summed E-state index contributed by atoms with van der Waals surface area (Å²) >= 11 is 10.3. The van der Waals surface area contributed by atoms with Gasteiger partial charge in [-0.25, -0.2) is 8.78 Å². The molecule has 1 heterocycles. The third kappa shape index (κ3) is 3.87. The second kappa shape index (κ2) is 6.64. The molecule has 1 aliphatic heterocycles. The van der Waals surface area contributed by atoms with Crippen molar-refractivity contribution < 1.29 is 13.6 Å². The van der Waals surface area contributed by atoms with E-state index >= 15 is 0 Å². The van der Waals surface area contributed by atoms with E-state index in [-0.39, 0.29) is 10.6 Å². The van der Waals surface area contributed by atoms with Crippen LogP contribution in [0.25, 0.3) is 0 Å². The topological polar surface area (TPSA) is 49.6 Å². The molecule has 4 nitrogen and oxygen atoms in total. The lowest BCUT2D eigenvalue weighted by Crippen LogP contribution is -2.50. The van der Waals surface area contributed by atoms with Gasteiger partial charge in [0, 0.05) is 32.7 Å². The van der Waals surface area contributed by atoms with Crippen LogP contribution in [0.15, 0.2) is 12.1 Å². The molecule has 0 radical (unpaired) electrons. The summed E-state index contributed by atoms with van der Waals surface area (Å²) < 4.78 is 27.1. The Morgan fingerprint density at radius 1 is 1.24 bits per heavy atom. The van der Waals surface area contributed by atoms with E-state index in [0.717, 1.165) is 12.1 Å². The van der Waals surface area contributed by atoms with E-state index in [9.17, 15) is 13.6 Å². The maximum absolute atomic E-state index is 13.7. The molecule has 114 valence electrons. The van der Waals surface area contributed by atoms with Crippen LogP contribution < -0.4 is 5.73 Å². The Hall–Kier alpha value is -1.31. The van der Waals surface area contributed by atoms with Gasteiger partial charge in [-0.15, -0.1) is 0 Å². The summed E-state index contributed by atoms with van der Waals surface area (Å²) in [5, 5.41) is -0.342. The number of hydrogen-bond donors (Lipinski definition) is 1. The monoisotopic (exact) mass is 333 g/mol. The molecule has 0 atom stereocenters. The summed E-state index contributed by atoms with van der Waals surface area (Å²) in [6, 6.07) is 1.65. The Morgan fingerprint density at radius 3 is 2.43 bits per heavy atom. The maximum atomic E-state index is 13.7. The van der Waals surface area contributed by atoms with Gasteiger partial charge in [0.1, 0.15) is 11.6 Å². The van der Waals surface area contributed by atoms with E-state index in [1.54, 1.807) is 0 Å². The van der Waals surface area contributed by atoms with E-state index in [1.165, 1.54) is 4.90 Å². The lowest BCUT2D eigenvalue weighted by Gasteiger charge is -2.34. The van der Waals surface area contributed by atoms with Crippen molar-refractivity contribution in [3.63, 3.8) is 0 Å². The number of nitrogens with zero attached hydrogens (tertiary/aromatic N) is 2. The van der Waals surface area contributed by atoms with Gasteiger partial charge in [0.15, 0.2) is 0 Å². The molecule has 1 fully saturated rings. The summed E-state index contributed by atoms with van der Waals surface area (Å²) in [4.78, 5) is 16.1. The summed E-state index contributed by atoms with van der Waals surface area (Å²) in [5.41, 5.74) is 5.16. The fourth-order valence-corrected chi connectivity index (χ4v) is 2.52. The molecule has 0 spiro atoms. The van der Waals surface area contributed by atoms with E-state index < -0.39 is 17.5 Å². The third-order valence-electron chi connectivity index (χ3n) is 3.28. The molecule has 0 aliphatic carbocycles. The number of carbonyl (C=O) groups is 1. The molecule has 0 saturated carbocycles. The largest absolute Gasteiger partial charge is 0.392 e. The smallest absolute Gasteiger partial charge is 0.257 e. The average molecular weight is 334 g/mol. The first-order valence-electron chi connectivity index (χ1n) is 6.33. The van der Waals surface area contributed by atoms with E-state index in [1.807, 2.05) is 4.90 Å². The molecular formula is C13H14ClF2N3OS. The van der Waals surface area contributed by atoms with Crippen LogP contribution >= 0.6 is 23.8 Å². The van der Waals surface area contributed by atoms with Crippen LogP contribution in [0.5, 0.6) is 0 Å². The maximum Gasteiger partial charge on any atom is 0.257 e. The van der Waals surface area contributed by atoms with Gasteiger partial charge < -0.3 is 10.6 Å². The summed E-state index contributed by atoms with van der Waals surface area (Å²) in [6.45, 7) is 2.47. The summed E-state index contributed by atoms with van der Waals surface area (Å²) in [6.07, 6.45) is 0. The molecule has 8 heteroatoms. The number of piperazine rings is 1. The highest BCUT2D eigenvalue weighted by Crippen LogP contribution is 2.21. The second-order valence-electron chi connectivity index (χ2n) is 4.78. The second-order valence-corrected chi connectivity index (χ2v) is 5.71. The summed E-state index contributed by atoms with van der Waals surface area (Å²) in [5.74, 6) is -2.18. The molecule has 1 amide bonds. The van der Waals surface area contributed by atoms with Gasteiger partial charge in [-0.05, 0) is 12.1 Å². The Morgan fingerprint density at radius 2 is 1.86 bits per heavy atom. The number of benzene rings is 1. The van der Waals surface area contributed by atoms with Crippen molar-refractivity contribution in [3.05, 3.63) is 34.4 Å². The zero-order chi connectivity index (χ0) is 15.6. The van der Waals surface area contributed by atoms with E-state index in [0.29, 0.717) is 37.7 Å². The van der Waals surface area contributed by atoms with Crippen molar-refractivity contribution in [1.29, 1.82) is 0 Å². The average Bonchev–Trinajstić information content (AvgIpc) is 2.42. The molecule has 2 N–H and O–H groups in total. The van der Waals surface area contributed by atoms with Crippen molar-refractivity contribution >= 4 is 34.7 Å². The Balaban J connectivity index is 2.05. The van der Waals surface area contributed by atoms with Gasteiger partial charge >= 0.3 is 0 Å². The highest BCUT2D eigenvalue weighted by Gasteiger charge is 2.25. The quantitative estimate of drug-likeness (QED) is 0.675. The Bertz CT molecular complexity index is 577. The van der Waals surface area contributed by atoms with Gasteiger partial charge in [-0.2, -0.15) is 0 Å². The molecule has 1 aromatic carbocycles. The molecule has 1 saturated heterocycles. The Labute approximate surface area is 131 Å². The molecule has 0 bridgehead atoms. The third-order valence-corrected chi connectivity index (χ3v) is 3.70. The SMILES string of the molecule is NC(=S)CN1CCN(C(=O)c2cc(F)c(Cl)cc2F)CC1. The van der Waals surface area contributed by atoms with Crippen molar-refractivity contribution in [2.45, 2.75) is 0 Å². The van der Waals surface area contributed by atoms with E-state index in [2.05, 4.69) is 0 Å². The molecule has 0 unspecified atom stereocenters. The van der Waals surface area contributed by atoms with Crippen LogP contribution in [0.2, 0.25) is 5.02 Å². The highest BCUT2D eigenvalue weighted by molar-refractivity contribution is 7.80. The zero-order valence-electron chi connectivity index (χ0n) is 11.1. The first-order chi connectivity index (χ1) is 9.88. The first-order valence-corrected chi connectivity index (χ1v) is 7.11. The first kappa shape index (κ1) is 16.1. The predicted molar refractivity (Wildman–Crippen MR) is 80.5 cm³/mol. The minimum absolute atomic E-state index is 0.306. The minimum atomic E-state index is -0.822. The lowest BCUT2D eigenvalue weighted by atomic mass is 10.1. The molecule has 2 rings (SSSR count). The Kier molecular flexibility index (Phi) is 5.08. The molecule has 0 aromatic heterocycles. The molecule has 1 aromatic rings. The number of nitrogens with two attached hydrogens (primary N) is 1. The number of hydrogen-bond acceptors (Lipinski definition) is 3. The molecule has 1 aliphatic rings. The van der Waals surface area contributed by atoms with Crippen LogP contribution in [0.4, 0.5) is 8.78 Å². The van der Waals surface area contributed by atoms with Crippen LogP contribution in [0, 0.1) is 11.6 Å². The normalized spacial score (nSPS) is 16.0. The molecule has 21 heavy (non-hydrogen) atoms. The molecular weight excluding hydrogens is 320 g/mol. The number of thiocarbonyl (C=S) groups is 1. The van der Waals surface area contributed by atoms with Crippen LogP contribution in [0.3, 0.4) is 0 Å². The fraction of sp³-hybridized carbons (Fsp3) is 0.385. The number of rotatable bonds is 3. The number of carbonyl (C=O) groups excluding carboxylic acids is 1. The standard InChI is InChI=1S/C13H14ClF2N3OS/c14-9-6-10(15)8(5-11(9)16)13(20)19-3-1-18(2-4-19)7-12(17)21/h5-6H,1-4,7H2,(H2,17,21). The predicted octanol–water partition coefficient (Wildman–Crippen LogP) is 1.66. The van der Waals surface area contributed by atoms with Gasteiger partial charge in [-0.1, -0.05) is 23.8 Å². The van der Waals surface area contributed by atoms with Crippen molar-refractivity contribution in [2.24, 2.45) is 5.73 Å². The lowest BCUT2D eigenvalue weighted by molar-refractivity contribution is 0.0649. The summed E-state index contributed by atoms with van der Waals surface area (Å²) in [7, 11) is 0. The van der Waals surface area contributed by atoms with Crippen LogP contribution in [-0.4, -0.2) is 53.4 Å². The van der Waals surface area contributed by atoms with Crippen LogP contribution in [0.1, 0.15) is 10.4 Å². The minimum Gasteiger partial charge on any atom is -0.392 e. The van der Waals surface area contributed by atoms with Crippen molar-refractivity contribution in [3.8, 4) is 0 Å².